The van der Waals surface area contributed by atoms with E-state index >= 15 is 0 Å². The van der Waals surface area contributed by atoms with Crippen molar-refractivity contribution in [2.45, 2.75) is 50.8 Å². The Morgan fingerprint density at radius 1 is 0.794 bits per heavy atom. The van der Waals surface area contributed by atoms with E-state index in [1.807, 2.05) is 6.07 Å². The van der Waals surface area contributed by atoms with E-state index in [1.165, 1.54) is 15.9 Å². The monoisotopic (exact) mass is 475 g/mol. The van der Waals surface area contributed by atoms with Crippen molar-refractivity contribution >= 4 is 18.7 Å². The highest BCUT2D eigenvalue weighted by molar-refractivity contribution is 6.99. The van der Waals surface area contributed by atoms with Crippen LogP contribution in [0.5, 0.6) is 11.5 Å². The van der Waals surface area contributed by atoms with Crippen molar-refractivity contribution in [3.63, 3.8) is 0 Å². The maximum atomic E-state index is 7.52. The number of ether oxygens (including phenoxy) is 2. The molecule has 34 heavy (non-hydrogen) atoms. The van der Waals surface area contributed by atoms with E-state index in [-0.39, 0.29) is 17.2 Å². The third-order valence-electron chi connectivity index (χ3n) is 6.91. The first-order valence-corrected chi connectivity index (χ1v) is 14.1. The van der Waals surface area contributed by atoms with Gasteiger partial charge in [0.05, 0.1) is 26.4 Å². The molecule has 0 unspecified atom stereocenters. The Kier molecular flexibility index (Phi) is 7.46. The molecule has 5 heteroatoms. The molecule has 0 radical (unpaired) electrons. The standard InChI is InChI=1S/C29H37NO3Si/c1-29(2,3)34(23-13-8-6-9-14-23,24-15-10-7-11-16-24)33-26-17-12-20-30-28(26)22-18-19-25(31-4)27(21-22)32-5/h6-11,13-16,18-19,21,26,28,30H,12,17,20H2,1-5H3/t26-,28+/m0/s1. The normalized spacial score (nSPS) is 19.0. The summed E-state index contributed by atoms with van der Waals surface area (Å²) in [5, 5.41) is 6.31. The minimum Gasteiger partial charge on any atom is -0.493 e. The lowest BCUT2D eigenvalue weighted by molar-refractivity contribution is 0.109. The summed E-state index contributed by atoms with van der Waals surface area (Å²) in [5.74, 6) is 1.49. The van der Waals surface area contributed by atoms with Crippen molar-refractivity contribution in [3.8, 4) is 11.5 Å². The molecular weight excluding hydrogens is 438 g/mol. The molecule has 0 bridgehead atoms. The van der Waals surface area contributed by atoms with Crippen LogP contribution in [0.15, 0.2) is 78.9 Å². The molecule has 1 heterocycles. The summed E-state index contributed by atoms with van der Waals surface area (Å²) in [7, 11) is 0.712. The van der Waals surface area contributed by atoms with Gasteiger partial charge < -0.3 is 19.2 Å². The SMILES string of the molecule is COc1ccc([C@H]2NCCC[C@@H]2O[Si](c2ccccc2)(c2ccccc2)C(C)(C)C)cc1OC. The molecule has 1 aliphatic rings. The van der Waals surface area contributed by atoms with Gasteiger partial charge >= 0.3 is 0 Å². The predicted octanol–water partition coefficient (Wildman–Crippen LogP) is 5.07. The van der Waals surface area contributed by atoms with Gasteiger partial charge in [-0.2, -0.15) is 0 Å². The first kappa shape index (κ1) is 24.5. The van der Waals surface area contributed by atoms with E-state index in [9.17, 15) is 0 Å². The number of hydrogen-bond acceptors (Lipinski definition) is 4. The van der Waals surface area contributed by atoms with Crippen molar-refractivity contribution in [3.05, 3.63) is 84.4 Å². The second kappa shape index (κ2) is 10.3. The first-order chi connectivity index (χ1) is 16.4. The van der Waals surface area contributed by atoms with Gasteiger partial charge in [0.15, 0.2) is 11.5 Å². The lowest BCUT2D eigenvalue weighted by atomic mass is 9.94. The minimum atomic E-state index is -2.65. The van der Waals surface area contributed by atoms with E-state index < -0.39 is 8.32 Å². The minimum absolute atomic E-state index is 0.0400. The molecule has 0 aromatic heterocycles. The van der Waals surface area contributed by atoms with Crippen LogP contribution in [0, 0.1) is 0 Å². The lowest BCUT2D eigenvalue weighted by Crippen LogP contribution is -2.68. The molecule has 3 aromatic rings. The van der Waals surface area contributed by atoms with E-state index in [2.05, 4.69) is 98.9 Å². The zero-order valence-corrected chi connectivity index (χ0v) is 22.0. The topological polar surface area (TPSA) is 39.7 Å². The molecule has 0 spiro atoms. The fourth-order valence-corrected chi connectivity index (χ4v) is 10.0. The summed E-state index contributed by atoms with van der Waals surface area (Å²) < 4.78 is 18.6. The molecule has 0 saturated carbocycles. The maximum Gasteiger partial charge on any atom is 0.261 e. The average molecular weight is 476 g/mol. The molecule has 1 aliphatic heterocycles. The predicted molar refractivity (Wildman–Crippen MR) is 142 cm³/mol. The first-order valence-electron chi connectivity index (χ1n) is 12.1. The summed E-state index contributed by atoms with van der Waals surface area (Å²) in [6.07, 6.45) is 2.14. The van der Waals surface area contributed by atoms with Gasteiger partial charge in [0, 0.05) is 0 Å². The van der Waals surface area contributed by atoms with E-state index in [0.29, 0.717) is 0 Å². The molecule has 180 valence electrons. The number of methoxy groups -OCH3 is 2. The smallest absolute Gasteiger partial charge is 0.261 e. The van der Waals surface area contributed by atoms with Crippen LogP contribution in [0.4, 0.5) is 0 Å². The Bertz CT molecular complexity index is 1030. The molecule has 0 aliphatic carbocycles. The van der Waals surface area contributed by atoms with Gasteiger partial charge in [0.1, 0.15) is 0 Å². The van der Waals surface area contributed by atoms with Crippen molar-refractivity contribution < 1.29 is 13.9 Å². The van der Waals surface area contributed by atoms with Crippen LogP contribution in [-0.4, -0.2) is 35.2 Å². The quantitative estimate of drug-likeness (QED) is 0.484. The van der Waals surface area contributed by atoms with Crippen molar-refractivity contribution in [2.75, 3.05) is 20.8 Å². The average Bonchev–Trinajstić information content (AvgIpc) is 2.87. The molecule has 0 amide bonds. The number of piperidine rings is 1. The molecule has 2 atom stereocenters. The summed E-state index contributed by atoms with van der Waals surface area (Å²) >= 11 is 0. The fourth-order valence-electron chi connectivity index (χ4n) is 5.28. The Morgan fingerprint density at radius 3 is 1.91 bits per heavy atom. The summed E-state index contributed by atoms with van der Waals surface area (Å²) in [6, 6.07) is 28.0. The van der Waals surface area contributed by atoms with Crippen LogP contribution in [0.2, 0.25) is 5.04 Å². The largest absolute Gasteiger partial charge is 0.493 e. The van der Waals surface area contributed by atoms with Gasteiger partial charge in [-0.15, -0.1) is 0 Å². The third kappa shape index (κ3) is 4.65. The number of hydrogen-bond donors (Lipinski definition) is 1. The zero-order valence-electron chi connectivity index (χ0n) is 21.0. The van der Waals surface area contributed by atoms with E-state index in [4.69, 9.17) is 13.9 Å². The molecule has 1 fully saturated rings. The maximum absolute atomic E-state index is 7.52. The number of rotatable bonds is 7. The number of nitrogens with one attached hydrogen (secondary N) is 1. The van der Waals surface area contributed by atoms with Crippen LogP contribution in [0.3, 0.4) is 0 Å². The van der Waals surface area contributed by atoms with Gasteiger partial charge in [-0.25, -0.2) is 0 Å². The van der Waals surface area contributed by atoms with E-state index in [0.717, 1.165) is 30.9 Å². The van der Waals surface area contributed by atoms with Crippen molar-refractivity contribution in [2.24, 2.45) is 0 Å². The molecule has 1 N–H and O–H groups in total. The van der Waals surface area contributed by atoms with Crippen LogP contribution in [-0.2, 0) is 4.43 Å². The highest BCUT2D eigenvalue weighted by Crippen LogP contribution is 2.41. The number of benzene rings is 3. The van der Waals surface area contributed by atoms with Gasteiger partial charge in [-0.1, -0.05) is 87.5 Å². The van der Waals surface area contributed by atoms with Gasteiger partial charge in [-0.05, 0) is 52.5 Å². The van der Waals surface area contributed by atoms with Gasteiger partial charge in [-0.3, -0.25) is 0 Å². The summed E-state index contributed by atoms with van der Waals surface area (Å²) in [4.78, 5) is 0. The van der Waals surface area contributed by atoms with Crippen LogP contribution >= 0.6 is 0 Å². The highest BCUT2D eigenvalue weighted by atomic mass is 28.4. The fraction of sp³-hybridized carbons (Fsp3) is 0.379. The van der Waals surface area contributed by atoms with Crippen LogP contribution in [0.25, 0.3) is 0 Å². The van der Waals surface area contributed by atoms with Crippen molar-refractivity contribution in [1.29, 1.82) is 0 Å². The van der Waals surface area contributed by atoms with Crippen LogP contribution in [0.1, 0.15) is 45.2 Å². The van der Waals surface area contributed by atoms with Crippen molar-refractivity contribution in [1.82, 2.24) is 5.32 Å². The van der Waals surface area contributed by atoms with Gasteiger partial charge in [0.25, 0.3) is 8.32 Å². The van der Waals surface area contributed by atoms with E-state index in [1.54, 1.807) is 14.2 Å². The Hall–Kier alpha value is -2.60. The second-order valence-electron chi connectivity index (χ2n) is 10.0. The zero-order chi connectivity index (χ0) is 24.2. The second-order valence-corrected chi connectivity index (χ2v) is 14.3. The highest BCUT2D eigenvalue weighted by Gasteiger charge is 2.52. The Balaban J connectivity index is 1.82. The molecular formula is C29H37NO3Si. The van der Waals surface area contributed by atoms with Crippen LogP contribution < -0.4 is 25.2 Å². The Morgan fingerprint density at radius 2 is 1.38 bits per heavy atom. The molecule has 4 nitrogen and oxygen atoms in total. The summed E-state index contributed by atoms with van der Waals surface area (Å²) in [6.45, 7) is 7.97. The molecule has 1 saturated heterocycles. The summed E-state index contributed by atoms with van der Waals surface area (Å²) in [5.41, 5.74) is 1.17. The molecule has 4 rings (SSSR count). The Labute approximate surface area is 205 Å². The molecule has 3 aromatic carbocycles. The third-order valence-corrected chi connectivity index (χ3v) is 12.0. The van der Waals surface area contributed by atoms with Gasteiger partial charge in [0.2, 0.25) is 0 Å². The lowest BCUT2D eigenvalue weighted by Gasteiger charge is -2.47.